The van der Waals surface area contributed by atoms with Crippen molar-refractivity contribution < 1.29 is 24.2 Å². The molecule has 6 heteroatoms. The van der Waals surface area contributed by atoms with Gasteiger partial charge in [0, 0.05) is 0 Å². The monoisotopic (exact) mass is 343 g/mol. The Labute approximate surface area is 146 Å². The van der Waals surface area contributed by atoms with Crippen LogP contribution < -0.4 is 9.64 Å². The summed E-state index contributed by atoms with van der Waals surface area (Å²) in [6, 6.07) is 13.1. The summed E-state index contributed by atoms with van der Waals surface area (Å²) in [5, 5.41) is 9.49. The van der Waals surface area contributed by atoms with E-state index in [1.807, 2.05) is 0 Å². The van der Waals surface area contributed by atoms with Crippen LogP contribution in [0.5, 0.6) is 5.75 Å². The van der Waals surface area contributed by atoms with Crippen molar-refractivity contribution >= 4 is 23.4 Å². The van der Waals surface area contributed by atoms with Crippen LogP contribution in [0.2, 0.25) is 0 Å². The first-order valence-corrected chi connectivity index (χ1v) is 7.73. The van der Waals surface area contributed by atoms with Crippen LogP contribution >= 0.6 is 0 Å². The third kappa shape index (κ3) is 4.29. The first-order chi connectivity index (χ1) is 11.7. The van der Waals surface area contributed by atoms with Crippen LogP contribution in [-0.2, 0) is 4.74 Å². The van der Waals surface area contributed by atoms with Crippen LogP contribution in [-0.4, -0.2) is 29.9 Å². The van der Waals surface area contributed by atoms with Crippen molar-refractivity contribution in [1.82, 2.24) is 0 Å². The molecule has 0 fully saturated rings. The molecule has 0 bridgehead atoms. The third-order valence-corrected chi connectivity index (χ3v) is 3.28. The van der Waals surface area contributed by atoms with E-state index >= 15 is 0 Å². The van der Waals surface area contributed by atoms with Crippen molar-refractivity contribution in [2.24, 2.45) is 0 Å². The molecule has 0 saturated heterocycles. The van der Waals surface area contributed by atoms with Gasteiger partial charge in [0.1, 0.15) is 11.4 Å². The number of benzene rings is 2. The van der Waals surface area contributed by atoms with Crippen LogP contribution in [0.1, 0.15) is 31.1 Å². The van der Waals surface area contributed by atoms with Crippen LogP contribution in [0.3, 0.4) is 0 Å². The number of para-hydroxylation sites is 3. The Balaban J connectivity index is 2.65. The molecule has 1 amide bonds. The number of rotatable bonds is 4. The predicted octanol–water partition coefficient (Wildman–Crippen LogP) is 4.47. The van der Waals surface area contributed by atoms with Crippen molar-refractivity contribution in [2.45, 2.75) is 26.4 Å². The van der Waals surface area contributed by atoms with Gasteiger partial charge in [-0.15, -0.1) is 0 Å². The second kappa shape index (κ2) is 7.25. The smallest absolute Gasteiger partial charge is 0.419 e. The average Bonchev–Trinajstić information content (AvgIpc) is 2.54. The zero-order valence-electron chi connectivity index (χ0n) is 14.6. The number of aromatic carboxylic acids is 1. The van der Waals surface area contributed by atoms with Gasteiger partial charge in [-0.3, -0.25) is 0 Å². The quantitative estimate of drug-likeness (QED) is 0.886. The molecule has 2 aromatic rings. The lowest BCUT2D eigenvalue weighted by atomic mass is 10.1. The fourth-order valence-corrected chi connectivity index (χ4v) is 2.30. The summed E-state index contributed by atoms with van der Waals surface area (Å²) in [5.74, 6) is -0.715. The summed E-state index contributed by atoms with van der Waals surface area (Å²) in [4.78, 5) is 25.7. The molecule has 2 rings (SSSR count). The van der Waals surface area contributed by atoms with Crippen LogP contribution in [0, 0.1) is 0 Å². The number of ether oxygens (including phenoxy) is 2. The van der Waals surface area contributed by atoms with Gasteiger partial charge < -0.3 is 14.6 Å². The van der Waals surface area contributed by atoms with Gasteiger partial charge in [0.15, 0.2) is 0 Å². The molecule has 0 atom stereocenters. The lowest BCUT2D eigenvalue weighted by Crippen LogP contribution is -2.34. The average molecular weight is 343 g/mol. The molecule has 0 saturated carbocycles. The summed E-state index contributed by atoms with van der Waals surface area (Å²) < 4.78 is 10.8. The molecular formula is C19H21NO5. The molecule has 0 aliphatic heterocycles. The number of carbonyl (C=O) groups is 2. The standard InChI is InChI=1S/C19H21NO5/c1-19(2,3)25-18(23)20(15-11-7-8-12-16(15)24-4)14-10-6-5-9-13(14)17(21)22/h5-12H,1-4H3,(H,21,22). The van der Waals surface area contributed by atoms with Crippen molar-refractivity contribution in [3.8, 4) is 5.75 Å². The molecular weight excluding hydrogens is 322 g/mol. The minimum Gasteiger partial charge on any atom is -0.495 e. The van der Waals surface area contributed by atoms with Crippen LogP contribution in [0.25, 0.3) is 0 Å². The zero-order valence-corrected chi connectivity index (χ0v) is 14.6. The molecule has 0 aromatic heterocycles. The van der Waals surface area contributed by atoms with Gasteiger partial charge in [0.2, 0.25) is 0 Å². The first-order valence-electron chi connectivity index (χ1n) is 7.73. The van der Waals surface area contributed by atoms with Gasteiger partial charge in [-0.05, 0) is 45.0 Å². The van der Waals surface area contributed by atoms with Gasteiger partial charge in [0.05, 0.1) is 24.0 Å². The van der Waals surface area contributed by atoms with Crippen molar-refractivity contribution in [3.63, 3.8) is 0 Å². The fourth-order valence-electron chi connectivity index (χ4n) is 2.30. The minimum atomic E-state index is -1.14. The molecule has 0 radical (unpaired) electrons. The summed E-state index contributed by atoms with van der Waals surface area (Å²) >= 11 is 0. The van der Waals surface area contributed by atoms with E-state index in [9.17, 15) is 14.7 Å². The molecule has 6 nitrogen and oxygen atoms in total. The number of nitrogens with zero attached hydrogens (tertiary/aromatic N) is 1. The lowest BCUT2D eigenvalue weighted by Gasteiger charge is -2.29. The van der Waals surface area contributed by atoms with Gasteiger partial charge in [-0.1, -0.05) is 24.3 Å². The highest BCUT2D eigenvalue weighted by molar-refractivity contribution is 6.04. The van der Waals surface area contributed by atoms with Crippen molar-refractivity contribution in [1.29, 1.82) is 0 Å². The van der Waals surface area contributed by atoms with E-state index in [-0.39, 0.29) is 11.3 Å². The Kier molecular flexibility index (Phi) is 5.32. The number of hydrogen-bond acceptors (Lipinski definition) is 4. The van der Waals surface area contributed by atoms with Crippen molar-refractivity contribution in [2.75, 3.05) is 12.0 Å². The minimum absolute atomic E-state index is 0.0146. The van der Waals surface area contributed by atoms with Gasteiger partial charge >= 0.3 is 12.1 Å². The molecule has 132 valence electrons. The Morgan fingerprint density at radius 2 is 1.52 bits per heavy atom. The second-order valence-electron chi connectivity index (χ2n) is 6.31. The normalized spacial score (nSPS) is 10.9. The summed E-state index contributed by atoms with van der Waals surface area (Å²) in [6.07, 6.45) is -0.689. The van der Waals surface area contributed by atoms with E-state index < -0.39 is 17.7 Å². The highest BCUT2D eigenvalue weighted by Crippen LogP contribution is 2.36. The Hall–Kier alpha value is -3.02. The molecule has 2 aromatic carbocycles. The topological polar surface area (TPSA) is 76.1 Å². The van der Waals surface area contributed by atoms with Crippen LogP contribution in [0.15, 0.2) is 48.5 Å². The zero-order chi connectivity index (χ0) is 18.6. The molecule has 25 heavy (non-hydrogen) atoms. The maximum absolute atomic E-state index is 12.9. The van der Waals surface area contributed by atoms with E-state index in [1.165, 1.54) is 18.1 Å². The summed E-state index contributed by atoms with van der Waals surface area (Å²) in [5.41, 5.74) is -0.156. The van der Waals surface area contributed by atoms with Gasteiger partial charge in [-0.25, -0.2) is 14.5 Å². The molecule has 0 heterocycles. The predicted molar refractivity (Wildman–Crippen MR) is 94.8 cm³/mol. The van der Waals surface area contributed by atoms with Crippen LogP contribution in [0.4, 0.5) is 16.2 Å². The number of amides is 1. The Morgan fingerprint density at radius 3 is 2.08 bits per heavy atom. The number of hydrogen-bond donors (Lipinski definition) is 1. The molecule has 0 spiro atoms. The number of carboxylic acids is 1. The maximum Gasteiger partial charge on any atom is 0.419 e. The summed E-state index contributed by atoms with van der Waals surface area (Å²) in [7, 11) is 1.48. The highest BCUT2D eigenvalue weighted by Gasteiger charge is 2.29. The SMILES string of the molecule is COc1ccccc1N(C(=O)OC(C)(C)C)c1ccccc1C(=O)O. The van der Waals surface area contributed by atoms with E-state index in [0.29, 0.717) is 11.4 Å². The Bertz CT molecular complexity index is 779. The second-order valence-corrected chi connectivity index (χ2v) is 6.31. The maximum atomic E-state index is 12.9. The first kappa shape index (κ1) is 18.3. The molecule has 0 aliphatic rings. The lowest BCUT2D eigenvalue weighted by molar-refractivity contribution is 0.0598. The number of anilines is 2. The van der Waals surface area contributed by atoms with E-state index in [1.54, 1.807) is 63.2 Å². The number of carboxylic acid groups (broad SMARTS) is 1. The largest absolute Gasteiger partial charge is 0.495 e. The van der Waals surface area contributed by atoms with E-state index in [4.69, 9.17) is 9.47 Å². The van der Waals surface area contributed by atoms with Gasteiger partial charge in [-0.2, -0.15) is 0 Å². The van der Waals surface area contributed by atoms with Crippen molar-refractivity contribution in [3.05, 3.63) is 54.1 Å². The van der Waals surface area contributed by atoms with E-state index in [0.717, 1.165) is 0 Å². The number of methoxy groups -OCH3 is 1. The third-order valence-electron chi connectivity index (χ3n) is 3.28. The molecule has 0 aliphatic carbocycles. The Morgan fingerprint density at radius 1 is 0.960 bits per heavy atom. The fraction of sp³-hybridized carbons (Fsp3) is 0.263. The molecule has 0 unspecified atom stereocenters. The van der Waals surface area contributed by atoms with E-state index in [2.05, 4.69) is 0 Å². The summed E-state index contributed by atoms with van der Waals surface area (Å²) in [6.45, 7) is 5.23. The highest BCUT2D eigenvalue weighted by atomic mass is 16.6. The molecule has 1 N–H and O–H groups in total. The van der Waals surface area contributed by atoms with Gasteiger partial charge in [0.25, 0.3) is 0 Å². The number of carbonyl (C=O) groups excluding carboxylic acids is 1.